The summed E-state index contributed by atoms with van der Waals surface area (Å²) in [5.74, 6) is -4.06. The quantitative estimate of drug-likeness (QED) is 0.627. The molecule has 8 heteroatoms. The molecule has 0 bridgehead atoms. The lowest BCUT2D eigenvalue weighted by molar-refractivity contribution is -0.124. The number of nitrogens with one attached hydrogen (secondary N) is 2. The second-order valence-corrected chi connectivity index (χ2v) is 5.08. The van der Waals surface area contributed by atoms with E-state index in [0.29, 0.717) is 17.8 Å². The first-order valence-corrected chi connectivity index (χ1v) is 6.90. The lowest BCUT2D eigenvalue weighted by atomic mass is 10.2. The van der Waals surface area contributed by atoms with Crippen LogP contribution in [0.1, 0.15) is 22.5 Å². The third-order valence-electron chi connectivity index (χ3n) is 2.39. The summed E-state index contributed by atoms with van der Waals surface area (Å²) < 4.78 is 25.3. The molecule has 1 heterocycles. The van der Waals surface area contributed by atoms with Gasteiger partial charge in [-0.2, -0.15) is 0 Å². The van der Waals surface area contributed by atoms with Crippen LogP contribution in [-0.4, -0.2) is 42.5 Å². The number of thiophene rings is 1. The molecular weight excluding hydrogens is 290 g/mol. The topological polar surface area (TPSA) is 78.4 Å². The molecule has 0 aromatic carbocycles. The molecule has 1 rings (SSSR count). The molecule has 0 saturated heterocycles. The summed E-state index contributed by atoms with van der Waals surface area (Å²) in [6, 6.07) is 3.44. The van der Waals surface area contributed by atoms with Gasteiger partial charge in [0, 0.05) is 13.0 Å². The Morgan fingerprint density at radius 2 is 2.10 bits per heavy atom. The minimum Gasteiger partial charge on any atom is -0.390 e. The highest BCUT2D eigenvalue weighted by Crippen LogP contribution is 2.10. The van der Waals surface area contributed by atoms with Crippen LogP contribution in [0.4, 0.5) is 8.78 Å². The van der Waals surface area contributed by atoms with E-state index in [0.717, 1.165) is 0 Å². The zero-order valence-electron chi connectivity index (χ0n) is 10.7. The van der Waals surface area contributed by atoms with Gasteiger partial charge in [-0.05, 0) is 17.9 Å². The average molecular weight is 306 g/mol. The maximum atomic E-state index is 12.6. The van der Waals surface area contributed by atoms with Gasteiger partial charge in [-0.1, -0.05) is 6.07 Å². The van der Waals surface area contributed by atoms with Crippen molar-refractivity contribution in [3.8, 4) is 0 Å². The fraction of sp³-hybridized carbons (Fsp3) is 0.500. The standard InChI is InChI=1S/C12H16F2N2O3S/c13-12(14,8-17)7-16-10(18)4-1-5-15-11(19)9-3-2-6-20-9/h2-3,6,17H,1,4-5,7-8H2,(H,15,19)(H,16,18). The van der Waals surface area contributed by atoms with Gasteiger partial charge in [0.05, 0.1) is 11.4 Å². The predicted molar refractivity (Wildman–Crippen MR) is 70.9 cm³/mol. The summed E-state index contributed by atoms with van der Waals surface area (Å²) in [5.41, 5.74) is 0. The van der Waals surface area contributed by atoms with Gasteiger partial charge >= 0.3 is 0 Å². The Bertz CT molecular complexity index is 438. The maximum absolute atomic E-state index is 12.6. The fourth-order valence-corrected chi connectivity index (χ4v) is 1.96. The van der Waals surface area contributed by atoms with Crippen molar-refractivity contribution in [2.24, 2.45) is 0 Å². The number of hydrogen-bond donors (Lipinski definition) is 3. The smallest absolute Gasteiger partial charge is 0.287 e. The zero-order valence-corrected chi connectivity index (χ0v) is 11.5. The first-order chi connectivity index (χ1) is 9.44. The van der Waals surface area contributed by atoms with Crippen molar-refractivity contribution in [1.29, 1.82) is 0 Å². The lowest BCUT2D eigenvalue weighted by Gasteiger charge is -2.13. The van der Waals surface area contributed by atoms with Gasteiger partial charge in [-0.15, -0.1) is 11.3 Å². The van der Waals surface area contributed by atoms with Crippen LogP contribution in [0.25, 0.3) is 0 Å². The zero-order chi connectivity index (χ0) is 15.0. The van der Waals surface area contributed by atoms with Gasteiger partial charge < -0.3 is 15.7 Å². The van der Waals surface area contributed by atoms with E-state index in [-0.39, 0.29) is 12.3 Å². The normalized spacial score (nSPS) is 11.2. The Morgan fingerprint density at radius 3 is 2.70 bits per heavy atom. The third kappa shape index (κ3) is 6.07. The number of amides is 2. The van der Waals surface area contributed by atoms with Crippen LogP contribution in [0, 0.1) is 0 Å². The second-order valence-electron chi connectivity index (χ2n) is 4.13. The Morgan fingerprint density at radius 1 is 1.35 bits per heavy atom. The average Bonchev–Trinajstić information content (AvgIpc) is 2.95. The number of hydrogen-bond acceptors (Lipinski definition) is 4. The fourth-order valence-electron chi connectivity index (χ4n) is 1.32. The van der Waals surface area contributed by atoms with Gasteiger partial charge in [0.2, 0.25) is 5.91 Å². The molecule has 0 unspecified atom stereocenters. The molecule has 1 aromatic heterocycles. The van der Waals surface area contributed by atoms with Crippen molar-refractivity contribution >= 4 is 23.2 Å². The Balaban J connectivity index is 2.12. The van der Waals surface area contributed by atoms with Crippen LogP contribution in [0.15, 0.2) is 17.5 Å². The minimum absolute atomic E-state index is 0.0340. The molecule has 0 radical (unpaired) electrons. The summed E-state index contributed by atoms with van der Waals surface area (Å²) in [7, 11) is 0. The highest BCUT2D eigenvalue weighted by Gasteiger charge is 2.27. The van der Waals surface area contributed by atoms with E-state index < -0.39 is 25.0 Å². The van der Waals surface area contributed by atoms with Crippen LogP contribution < -0.4 is 10.6 Å². The van der Waals surface area contributed by atoms with E-state index in [1.807, 2.05) is 5.32 Å². The first kappa shape index (κ1) is 16.5. The van der Waals surface area contributed by atoms with Crippen molar-refractivity contribution in [2.75, 3.05) is 19.7 Å². The van der Waals surface area contributed by atoms with Gasteiger partial charge in [-0.25, -0.2) is 8.78 Å². The summed E-state index contributed by atoms with van der Waals surface area (Å²) in [6.07, 6.45) is 0.389. The van der Waals surface area contributed by atoms with E-state index in [1.54, 1.807) is 17.5 Å². The van der Waals surface area contributed by atoms with Crippen LogP contribution in [-0.2, 0) is 4.79 Å². The second kappa shape index (κ2) is 7.91. The SMILES string of the molecule is O=C(CCCNC(=O)c1cccs1)NCC(F)(F)CO. The molecule has 0 aliphatic heterocycles. The van der Waals surface area contributed by atoms with E-state index in [4.69, 9.17) is 5.11 Å². The Kier molecular flexibility index (Phi) is 6.53. The molecule has 2 amide bonds. The molecule has 0 fully saturated rings. The minimum atomic E-state index is -3.30. The summed E-state index contributed by atoms with van der Waals surface area (Å²) in [6.45, 7) is -1.89. The van der Waals surface area contributed by atoms with Crippen molar-refractivity contribution in [2.45, 2.75) is 18.8 Å². The van der Waals surface area contributed by atoms with E-state index in [2.05, 4.69) is 5.32 Å². The highest BCUT2D eigenvalue weighted by molar-refractivity contribution is 7.12. The number of rotatable bonds is 8. The molecule has 0 aliphatic carbocycles. The van der Waals surface area contributed by atoms with Crippen LogP contribution in [0.5, 0.6) is 0 Å². The third-order valence-corrected chi connectivity index (χ3v) is 3.26. The number of aliphatic hydroxyl groups is 1. The van der Waals surface area contributed by atoms with Crippen LogP contribution in [0.2, 0.25) is 0 Å². The summed E-state index contributed by atoms with van der Waals surface area (Å²) >= 11 is 1.31. The first-order valence-electron chi connectivity index (χ1n) is 6.02. The van der Waals surface area contributed by atoms with Gasteiger partial charge in [-0.3, -0.25) is 9.59 Å². The summed E-state index contributed by atoms with van der Waals surface area (Å²) in [4.78, 5) is 23.3. The number of carbonyl (C=O) groups is 2. The number of aliphatic hydroxyl groups excluding tert-OH is 1. The van der Waals surface area contributed by atoms with Crippen LogP contribution in [0.3, 0.4) is 0 Å². The highest BCUT2D eigenvalue weighted by atomic mass is 32.1. The molecule has 5 nitrogen and oxygen atoms in total. The number of halogens is 2. The van der Waals surface area contributed by atoms with E-state index in [9.17, 15) is 18.4 Å². The molecular formula is C12H16F2N2O3S. The molecule has 0 aliphatic rings. The molecule has 20 heavy (non-hydrogen) atoms. The Labute approximate surface area is 119 Å². The molecule has 0 spiro atoms. The predicted octanol–water partition coefficient (Wildman–Crippen LogP) is 1.00. The van der Waals surface area contributed by atoms with Gasteiger partial charge in [0.25, 0.3) is 11.8 Å². The molecule has 1 aromatic rings. The van der Waals surface area contributed by atoms with Crippen molar-refractivity contribution in [3.05, 3.63) is 22.4 Å². The lowest BCUT2D eigenvalue weighted by Crippen LogP contribution is -2.39. The van der Waals surface area contributed by atoms with Crippen molar-refractivity contribution < 1.29 is 23.5 Å². The maximum Gasteiger partial charge on any atom is 0.287 e. The Hall–Kier alpha value is -1.54. The van der Waals surface area contributed by atoms with Crippen molar-refractivity contribution in [3.63, 3.8) is 0 Å². The largest absolute Gasteiger partial charge is 0.390 e. The van der Waals surface area contributed by atoms with E-state index >= 15 is 0 Å². The van der Waals surface area contributed by atoms with Crippen molar-refractivity contribution in [1.82, 2.24) is 10.6 Å². The molecule has 112 valence electrons. The molecule has 0 saturated carbocycles. The molecule has 0 atom stereocenters. The van der Waals surface area contributed by atoms with Crippen LogP contribution >= 0.6 is 11.3 Å². The monoisotopic (exact) mass is 306 g/mol. The van der Waals surface area contributed by atoms with Gasteiger partial charge in [0.15, 0.2) is 0 Å². The molecule has 3 N–H and O–H groups in total. The van der Waals surface area contributed by atoms with Gasteiger partial charge in [0.1, 0.15) is 6.61 Å². The number of carbonyl (C=O) groups excluding carboxylic acids is 2. The number of alkyl halides is 2. The van der Waals surface area contributed by atoms with E-state index in [1.165, 1.54) is 11.3 Å². The summed E-state index contributed by atoms with van der Waals surface area (Å²) in [5, 5.41) is 14.8.